The highest BCUT2D eigenvalue weighted by molar-refractivity contribution is 7.99. The number of thioether (sulfide) groups is 1. The third-order valence-electron chi connectivity index (χ3n) is 2.96. The van der Waals surface area contributed by atoms with Crippen LogP contribution in [0.2, 0.25) is 0 Å². The number of nitrogens with one attached hydrogen (secondary N) is 1. The average Bonchev–Trinajstić information content (AvgIpc) is 2.93. The van der Waals surface area contributed by atoms with E-state index in [0.29, 0.717) is 0 Å². The van der Waals surface area contributed by atoms with Gasteiger partial charge in [0.1, 0.15) is 5.82 Å². The van der Waals surface area contributed by atoms with E-state index in [0.717, 1.165) is 24.0 Å². The maximum atomic E-state index is 13.9. The molecule has 4 nitrogen and oxygen atoms in total. The molecule has 1 heterocycles. The van der Waals surface area contributed by atoms with Gasteiger partial charge < -0.3 is 5.11 Å². The zero-order chi connectivity index (χ0) is 15.3. The SMILES string of the molecule is O=S(=O)(NC1CCSC1)c1ccc(C#CCCO)c(F)c1. The van der Waals surface area contributed by atoms with Gasteiger partial charge in [0.25, 0.3) is 0 Å². The van der Waals surface area contributed by atoms with E-state index < -0.39 is 15.8 Å². The predicted octanol–water partition coefficient (Wildman–Crippen LogP) is 1.34. The molecule has 114 valence electrons. The van der Waals surface area contributed by atoms with Gasteiger partial charge in [0.2, 0.25) is 10.0 Å². The van der Waals surface area contributed by atoms with Crippen molar-refractivity contribution in [3.05, 3.63) is 29.6 Å². The summed E-state index contributed by atoms with van der Waals surface area (Å²) in [4.78, 5) is -0.0930. The molecule has 2 N–H and O–H groups in total. The van der Waals surface area contributed by atoms with E-state index >= 15 is 0 Å². The Hall–Kier alpha value is -1.07. The molecule has 0 saturated carbocycles. The minimum atomic E-state index is -3.70. The topological polar surface area (TPSA) is 66.4 Å². The first kappa shape index (κ1) is 16.3. The van der Waals surface area contributed by atoms with Gasteiger partial charge in [-0.25, -0.2) is 17.5 Å². The Labute approximate surface area is 128 Å². The summed E-state index contributed by atoms with van der Waals surface area (Å²) in [5, 5.41) is 8.61. The van der Waals surface area contributed by atoms with Crippen molar-refractivity contribution >= 4 is 21.8 Å². The van der Waals surface area contributed by atoms with E-state index in [1.807, 2.05) is 0 Å². The molecule has 1 fully saturated rings. The monoisotopic (exact) mass is 329 g/mol. The van der Waals surface area contributed by atoms with Gasteiger partial charge in [-0.2, -0.15) is 11.8 Å². The molecule has 0 radical (unpaired) electrons. The lowest BCUT2D eigenvalue weighted by Crippen LogP contribution is -2.34. The quantitative estimate of drug-likeness (QED) is 0.818. The molecule has 0 aliphatic carbocycles. The molecule has 0 bridgehead atoms. The summed E-state index contributed by atoms with van der Waals surface area (Å²) in [6.07, 6.45) is 1.04. The second-order valence-corrected chi connectivity index (χ2v) is 7.46. The van der Waals surface area contributed by atoms with E-state index in [2.05, 4.69) is 16.6 Å². The highest BCUT2D eigenvalue weighted by Crippen LogP contribution is 2.20. The van der Waals surface area contributed by atoms with Crippen LogP contribution < -0.4 is 4.72 Å². The number of rotatable bonds is 4. The minimum absolute atomic E-state index is 0.0907. The number of aliphatic hydroxyl groups is 1. The maximum Gasteiger partial charge on any atom is 0.240 e. The Morgan fingerprint density at radius 1 is 1.48 bits per heavy atom. The smallest absolute Gasteiger partial charge is 0.240 e. The lowest BCUT2D eigenvalue weighted by molar-refractivity contribution is 0.305. The maximum absolute atomic E-state index is 13.9. The Balaban J connectivity index is 2.17. The summed E-state index contributed by atoms with van der Waals surface area (Å²) < 4.78 is 40.8. The van der Waals surface area contributed by atoms with Crippen molar-refractivity contribution in [2.75, 3.05) is 18.1 Å². The van der Waals surface area contributed by atoms with E-state index in [4.69, 9.17) is 5.11 Å². The van der Waals surface area contributed by atoms with Crippen molar-refractivity contribution in [3.63, 3.8) is 0 Å². The fraction of sp³-hybridized carbons (Fsp3) is 0.429. The number of aliphatic hydroxyl groups excluding tert-OH is 1. The number of sulfonamides is 1. The molecule has 1 aliphatic rings. The molecule has 0 amide bonds. The molecule has 2 rings (SSSR count). The molecule has 1 unspecified atom stereocenters. The van der Waals surface area contributed by atoms with E-state index in [-0.39, 0.29) is 29.5 Å². The van der Waals surface area contributed by atoms with Gasteiger partial charge in [-0.1, -0.05) is 11.8 Å². The molecule has 1 atom stereocenters. The van der Waals surface area contributed by atoms with Crippen LogP contribution in [0.4, 0.5) is 4.39 Å². The van der Waals surface area contributed by atoms with Crippen LogP contribution in [-0.4, -0.2) is 37.7 Å². The molecule has 0 aromatic heterocycles. The Morgan fingerprint density at radius 2 is 2.29 bits per heavy atom. The first-order chi connectivity index (χ1) is 10.0. The summed E-state index contributed by atoms with van der Waals surface area (Å²) in [6, 6.07) is 3.58. The number of benzene rings is 1. The van der Waals surface area contributed by atoms with Crippen LogP contribution in [0.25, 0.3) is 0 Å². The van der Waals surface area contributed by atoms with Crippen LogP contribution in [0.15, 0.2) is 23.1 Å². The molecule has 7 heteroatoms. The summed E-state index contributed by atoms with van der Waals surface area (Å²) in [5.41, 5.74) is 0.124. The van der Waals surface area contributed by atoms with Crippen molar-refractivity contribution in [2.24, 2.45) is 0 Å². The zero-order valence-electron chi connectivity index (χ0n) is 11.3. The first-order valence-corrected chi connectivity index (χ1v) is 9.16. The zero-order valence-corrected chi connectivity index (χ0v) is 12.9. The van der Waals surface area contributed by atoms with Crippen molar-refractivity contribution in [1.29, 1.82) is 0 Å². The molecule has 1 aromatic carbocycles. The van der Waals surface area contributed by atoms with E-state index in [1.165, 1.54) is 12.1 Å². The predicted molar refractivity (Wildman–Crippen MR) is 81.0 cm³/mol. The van der Waals surface area contributed by atoms with Crippen LogP contribution in [0.3, 0.4) is 0 Å². The Kier molecular flexibility index (Phi) is 5.65. The van der Waals surface area contributed by atoms with Crippen LogP contribution in [-0.2, 0) is 10.0 Å². The van der Waals surface area contributed by atoms with Gasteiger partial charge in [-0.05, 0) is 30.4 Å². The van der Waals surface area contributed by atoms with Crippen molar-refractivity contribution in [2.45, 2.75) is 23.8 Å². The van der Waals surface area contributed by atoms with Gasteiger partial charge >= 0.3 is 0 Å². The van der Waals surface area contributed by atoms with Gasteiger partial charge in [-0.3, -0.25) is 0 Å². The molecule has 21 heavy (non-hydrogen) atoms. The lowest BCUT2D eigenvalue weighted by Gasteiger charge is -2.12. The van der Waals surface area contributed by atoms with Gasteiger partial charge in [0.05, 0.1) is 17.1 Å². The Morgan fingerprint density at radius 3 is 2.90 bits per heavy atom. The highest BCUT2D eigenvalue weighted by atomic mass is 32.2. The number of hydrogen-bond donors (Lipinski definition) is 2. The first-order valence-electron chi connectivity index (χ1n) is 6.52. The standard InChI is InChI=1S/C14H16FNO3S2/c15-14-9-13(5-4-11(14)3-1-2-7-17)21(18,19)16-12-6-8-20-10-12/h4-5,9,12,16-17H,2,6-8,10H2. The second-order valence-electron chi connectivity index (χ2n) is 4.60. The molecule has 0 spiro atoms. The molecular formula is C14H16FNO3S2. The normalized spacial score (nSPS) is 18.3. The second kappa shape index (κ2) is 7.27. The van der Waals surface area contributed by atoms with Gasteiger partial charge in [0, 0.05) is 18.2 Å². The third-order valence-corrected chi connectivity index (χ3v) is 5.64. The number of hydrogen-bond acceptors (Lipinski definition) is 4. The van der Waals surface area contributed by atoms with Crippen LogP contribution >= 0.6 is 11.8 Å². The number of halogens is 1. The summed E-state index contributed by atoms with van der Waals surface area (Å²) in [7, 11) is -3.70. The third kappa shape index (κ3) is 4.45. The lowest BCUT2D eigenvalue weighted by atomic mass is 10.2. The fourth-order valence-corrected chi connectivity index (χ4v) is 4.43. The highest BCUT2D eigenvalue weighted by Gasteiger charge is 2.23. The van der Waals surface area contributed by atoms with E-state index in [1.54, 1.807) is 11.8 Å². The minimum Gasteiger partial charge on any atom is -0.395 e. The van der Waals surface area contributed by atoms with Crippen LogP contribution in [0, 0.1) is 17.7 Å². The summed E-state index contributed by atoms with van der Waals surface area (Å²) >= 11 is 1.70. The van der Waals surface area contributed by atoms with Crippen molar-refractivity contribution in [3.8, 4) is 11.8 Å². The summed E-state index contributed by atoms with van der Waals surface area (Å²) in [6.45, 7) is -0.0929. The van der Waals surface area contributed by atoms with Crippen molar-refractivity contribution < 1.29 is 17.9 Å². The average molecular weight is 329 g/mol. The van der Waals surface area contributed by atoms with Gasteiger partial charge in [0.15, 0.2) is 0 Å². The van der Waals surface area contributed by atoms with Crippen LogP contribution in [0.5, 0.6) is 0 Å². The van der Waals surface area contributed by atoms with Crippen LogP contribution in [0.1, 0.15) is 18.4 Å². The molecule has 1 aromatic rings. The molecule has 1 aliphatic heterocycles. The largest absolute Gasteiger partial charge is 0.395 e. The molecule has 1 saturated heterocycles. The Bertz CT molecular complexity index is 659. The fourth-order valence-electron chi connectivity index (χ4n) is 1.89. The summed E-state index contributed by atoms with van der Waals surface area (Å²) in [5.74, 6) is 6.16. The molecular weight excluding hydrogens is 313 g/mol. The van der Waals surface area contributed by atoms with Crippen molar-refractivity contribution in [1.82, 2.24) is 4.72 Å². The van der Waals surface area contributed by atoms with E-state index in [9.17, 15) is 12.8 Å². The van der Waals surface area contributed by atoms with Gasteiger partial charge in [-0.15, -0.1) is 0 Å².